The van der Waals surface area contributed by atoms with E-state index in [1.54, 1.807) is 0 Å². The van der Waals surface area contributed by atoms with E-state index in [0.29, 0.717) is 0 Å². The summed E-state index contributed by atoms with van der Waals surface area (Å²) in [7, 11) is 0. The van der Waals surface area contributed by atoms with Crippen molar-refractivity contribution in [3.05, 3.63) is 66.2 Å². The first-order valence-electron chi connectivity index (χ1n) is 6.50. The number of aromatic nitrogens is 3. The van der Waals surface area contributed by atoms with E-state index in [2.05, 4.69) is 20.6 Å². The van der Waals surface area contributed by atoms with E-state index in [1.807, 2.05) is 56.0 Å². The summed E-state index contributed by atoms with van der Waals surface area (Å²) < 4.78 is 2.10. The molecule has 0 fully saturated rings. The molecule has 0 aliphatic carbocycles. The standard InChI is InChI=1S/C16H16N4/c1-12-7-13(10-18-9-12)11-20-6-5-19-16(20)14-3-2-4-15(17)8-14/h2-10H,11,17H2,1H3. The lowest BCUT2D eigenvalue weighted by Crippen LogP contribution is -2.02. The Labute approximate surface area is 117 Å². The number of anilines is 1. The van der Waals surface area contributed by atoms with Gasteiger partial charge in [0, 0.05) is 36.0 Å². The van der Waals surface area contributed by atoms with Gasteiger partial charge >= 0.3 is 0 Å². The van der Waals surface area contributed by atoms with Gasteiger partial charge in [0.2, 0.25) is 0 Å². The molecule has 4 heteroatoms. The van der Waals surface area contributed by atoms with Gasteiger partial charge in [-0.1, -0.05) is 18.2 Å². The van der Waals surface area contributed by atoms with Gasteiger partial charge in [-0.3, -0.25) is 4.98 Å². The molecule has 4 nitrogen and oxygen atoms in total. The number of imidazole rings is 1. The lowest BCUT2D eigenvalue weighted by Gasteiger charge is -2.09. The minimum atomic E-state index is 0.745. The maximum Gasteiger partial charge on any atom is 0.140 e. The van der Waals surface area contributed by atoms with Gasteiger partial charge < -0.3 is 10.3 Å². The summed E-state index contributed by atoms with van der Waals surface area (Å²) in [5.74, 6) is 0.916. The molecule has 0 atom stereocenters. The van der Waals surface area contributed by atoms with Crippen molar-refractivity contribution in [1.29, 1.82) is 0 Å². The number of hydrogen-bond donors (Lipinski definition) is 1. The molecule has 0 spiro atoms. The molecule has 0 radical (unpaired) electrons. The lowest BCUT2D eigenvalue weighted by atomic mass is 10.2. The summed E-state index contributed by atoms with van der Waals surface area (Å²) in [6, 6.07) is 9.91. The third kappa shape index (κ3) is 2.54. The van der Waals surface area contributed by atoms with Crippen molar-refractivity contribution in [3.8, 4) is 11.4 Å². The molecule has 3 rings (SSSR count). The number of nitrogen functional groups attached to an aromatic ring is 1. The molecule has 1 aromatic carbocycles. The van der Waals surface area contributed by atoms with Crippen molar-refractivity contribution in [2.24, 2.45) is 0 Å². The Morgan fingerprint density at radius 1 is 1.20 bits per heavy atom. The Balaban J connectivity index is 1.94. The molecule has 0 aliphatic heterocycles. The van der Waals surface area contributed by atoms with Crippen molar-refractivity contribution in [1.82, 2.24) is 14.5 Å². The number of nitrogens with two attached hydrogens (primary N) is 1. The van der Waals surface area contributed by atoms with Crippen LogP contribution in [0.5, 0.6) is 0 Å². The zero-order valence-electron chi connectivity index (χ0n) is 11.3. The Morgan fingerprint density at radius 3 is 2.90 bits per heavy atom. The first-order valence-corrected chi connectivity index (χ1v) is 6.50. The van der Waals surface area contributed by atoms with Gasteiger partial charge in [0.05, 0.1) is 6.54 Å². The number of rotatable bonds is 3. The van der Waals surface area contributed by atoms with E-state index in [-0.39, 0.29) is 0 Å². The number of benzene rings is 1. The van der Waals surface area contributed by atoms with Crippen molar-refractivity contribution in [2.75, 3.05) is 5.73 Å². The van der Waals surface area contributed by atoms with Crippen LogP contribution >= 0.6 is 0 Å². The van der Waals surface area contributed by atoms with Crippen LogP contribution in [0.2, 0.25) is 0 Å². The topological polar surface area (TPSA) is 56.7 Å². The molecule has 0 saturated carbocycles. The maximum atomic E-state index is 5.84. The molecule has 0 amide bonds. The quantitative estimate of drug-likeness (QED) is 0.740. The Bertz CT molecular complexity index is 731. The lowest BCUT2D eigenvalue weighted by molar-refractivity contribution is 0.801. The molecule has 0 aliphatic rings. The minimum absolute atomic E-state index is 0.745. The highest BCUT2D eigenvalue weighted by molar-refractivity contribution is 5.61. The highest BCUT2D eigenvalue weighted by Crippen LogP contribution is 2.20. The molecule has 100 valence electrons. The summed E-state index contributed by atoms with van der Waals surface area (Å²) in [5.41, 5.74) is 9.93. The van der Waals surface area contributed by atoms with Crippen LogP contribution in [0.1, 0.15) is 11.1 Å². The van der Waals surface area contributed by atoms with Crippen LogP contribution < -0.4 is 5.73 Å². The fourth-order valence-corrected chi connectivity index (χ4v) is 2.28. The molecule has 0 unspecified atom stereocenters. The monoisotopic (exact) mass is 264 g/mol. The van der Waals surface area contributed by atoms with Crippen molar-refractivity contribution >= 4 is 5.69 Å². The molecular formula is C16H16N4. The zero-order chi connectivity index (χ0) is 13.9. The molecule has 2 heterocycles. The van der Waals surface area contributed by atoms with Crippen LogP contribution in [0.25, 0.3) is 11.4 Å². The third-order valence-electron chi connectivity index (χ3n) is 3.14. The van der Waals surface area contributed by atoms with Crippen LogP contribution in [0, 0.1) is 6.92 Å². The van der Waals surface area contributed by atoms with E-state index in [9.17, 15) is 0 Å². The molecule has 2 N–H and O–H groups in total. The SMILES string of the molecule is Cc1cncc(Cn2ccnc2-c2cccc(N)c2)c1. The van der Waals surface area contributed by atoms with Crippen LogP contribution in [0.15, 0.2) is 55.1 Å². The number of nitrogens with zero attached hydrogens (tertiary/aromatic N) is 3. The summed E-state index contributed by atoms with van der Waals surface area (Å²) in [5, 5.41) is 0. The highest BCUT2D eigenvalue weighted by atomic mass is 15.1. The van der Waals surface area contributed by atoms with Gasteiger partial charge in [-0.15, -0.1) is 0 Å². The Hall–Kier alpha value is -2.62. The largest absolute Gasteiger partial charge is 0.399 e. The van der Waals surface area contributed by atoms with Gasteiger partial charge in [0.25, 0.3) is 0 Å². The second-order valence-electron chi connectivity index (χ2n) is 4.87. The summed E-state index contributed by atoms with van der Waals surface area (Å²) in [4.78, 5) is 8.66. The van der Waals surface area contributed by atoms with Crippen LogP contribution in [0.4, 0.5) is 5.69 Å². The normalized spacial score (nSPS) is 10.7. The number of hydrogen-bond acceptors (Lipinski definition) is 3. The van der Waals surface area contributed by atoms with Crippen molar-refractivity contribution in [3.63, 3.8) is 0 Å². The third-order valence-corrected chi connectivity index (χ3v) is 3.14. The Morgan fingerprint density at radius 2 is 2.10 bits per heavy atom. The second-order valence-corrected chi connectivity index (χ2v) is 4.87. The van der Waals surface area contributed by atoms with Crippen molar-refractivity contribution < 1.29 is 0 Å². The van der Waals surface area contributed by atoms with Crippen LogP contribution in [-0.2, 0) is 6.54 Å². The smallest absolute Gasteiger partial charge is 0.140 e. The molecule has 20 heavy (non-hydrogen) atoms. The average Bonchev–Trinajstić information content (AvgIpc) is 2.87. The predicted molar refractivity (Wildman–Crippen MR) is 80.2 cm³/mol. The summed E-state index contributed by atoms with van der Waals surface area (Å²) >= 11 is 0. The average molecular weight is 264 g/mol. The minimum Gasteiger partial charge on any atom is -0.399 e. The van der Waals surface area contributed by atoms with Crippen LogP contribution in [0.3, 0.4) is 0 Å². The van der Waals surface area contributed by atoms with E-state index < -0.39 is 0 Å². The van der Waals surface area contributed by atoms with E-state index in [4.69, 9.17) is 5.73 Å². The number of aryl methyl sites for hydroxylation is 1. The van der Waals surface area contributed by atoms with Crippen molar-refractivity contribution in [2.45, 2.75) is 13.5 Å². The van der Waals surface area contributed by atoms with Gasteiger partial charge in [0.15, 0.2) is 0 Å². The first kappa shape index (κ1) is 12.4. The maximum absolute atomic E-state index is 5.84. The van der Waals surface area contributed by atoms with Gasteiger partial charge in [-0.05, 0) is 30.2 Å². The first-order chi connectivity index (χ1) is 9.72. The van der Waals surface area contributed by atoms with E-state index in [1.165, 1.54) is 0 Å². The molecule has 0 saturated heterocycles. The molecule has 3 aromatic rings. The van der Waals surface area contributed by atoms with E-state index in [0.717, 1.165) is 34.7 Å². The molecular weight excluding hydrogens is 248 g/mol. The van der Waals surface area contributed by atoms with E-state index >= 15 is 0 Å². The molecule has 0 bridgehead atoms. The summed E-state index contributed by atoms with van der Waals surface area (Å²) in [6.07, 6.45) is 7.52. The van der Waals surface area contributed by atoms with Gasteiger partial charge in [0.1, 0.15) is 5.82 Å². The number of pyridine rings is 1. The summed E-state index contributed by atoms with van der Waals surface area (Å²) in [6.45, 7) is 2.79. The zero-order valence-corrected chi connectivity index (χ0v) is 11.3. The van der Waals surface area contributed by atoms with Crippen LogP contribution in [-0.4, -0.2) is 14.5 Å². The second kappa shape index (κ2) is 5.17. The van der Waals surface area contributed by atoms with Gasteiger partial charge in [-0.25, -0.2) is 4.98 Å². The fourth-order valence-electron chi connectivity index (χ4n) is 2.28. The highest BCUT2D eigenvalue weighted by Gasteiger charge is 2.07. The molecule has 2 aromatic heterocycles. The Kier molecular flexibility index (Phi) is 3.21. The fraction of sp³-hybridized carbons (Fsp3) is 0.125. The predicted octanol–water partition coefficient (Wildman–Crippen LogP) is 2.88. The van der Waals surface area contributed by atoms with Gasteiger partial charge in [-0.2, -0.15) is 0 Å².